The van der Waals surface area contributed by atoms with Crippen molar-refractivity contribution in [2.45, 2.75) is 12.8 Å². The van der Waals surface area contributed by atoms with Gasteiger partial charge in [-0.15, -0.1) is 0 Å². The number of nitrogens with one attached hydrogen (secondary N) is 1. The minimum atomic E-state index is -0.726. The van der Waals surface area contributed by atoms with Gasteiger partial charge in [-0.25, -0.2) is 0 Å². The van der Waals surface area contributed by atoms with E-state index < -0.39 is 11.4 Å². The average Bonchev–Trinajstić information content (AvgIpc) is 3.17. The van der Waals surface area contributed by atoms with Crippen molar-refractivity contribution in [1.82, 2.24) is 0 Å². The van der Waals surface area contributed by atoms with Gasteiger partial charge < -0.3 is 19.9 Å². The first-order chi connectivity index (χ1) is 8.61. The second kappa shape index (κ2) is 4.76. The number of rotatable bonds is 6. The maximum absolute atomic E-state index is 11.0. The van der Waals surface area contributed by atoms with E-state index in [0.717, 1.165) is 18.5 Å². The molecule has 1 aliphatic carbocycles. The van der Waals surface area contributed by atoms with Crippen LogP contribution in [0.15, 0.2) is 18.2 Å². The summed E-state index contributed by atoms with van der Waals surface area (Å²) in [5.74, 6) is 0.556. The molecule has 0 spiro atoms. The van der Waals surface area contributed by atoms with E-state index in [1.165, 1.54) is 0 Å². The third-order valence-corrected chi connectivity index (χ3v) is 3.32. The fraction of sp³-hybridized carbons (Fsp3) is 0.462. The van der Waals surface area contributed by atoms with Gasteiger partial charge >= 0.3 is 5.97 Å². The molecule has 0 bridgehead atoms. The van der Waals surface area contributed by atoms with Gasteiger partial charge in [0.15, 0.2) is 11.5 Å². The zero-order valence-corrected chi connectivity index (χ0v) is 10.5. The Labute approximate surface area is 106 Å². The number of hydrogen-bond acceptors (Lipinski definition) is 4. The van der Waals surface area contributed by atoms with Crippen LogP contribution in [0.1, 0.15) is 12.8 Å². The van der Waals surface area contributed by atoms with Crippen molar-refractivity contribution in [2.24, 2.45) is 5.41 Å². The van der Waals surface area contributed by atoms with E-state index >= 15 is 0 Å². The van der Waals surface area contributed by atoms with E-state index in [0.29, 0.717) is 18.0 Å². The van der Waals surface area contributed by atoms with Gasteiger partial charge in [0.1, 0.15) is 0 Å². The van der Waals surface area contributed by atoms with Gasteiger partial charge in [-0.1, -0.05) is 0 Å². The zero-order valence-electron chi connectivity index (χ0n) is 10.5. The summed E-state index contributed by atoms with van der Waals surface area (Å²) in [5.41, 5.74) is 0.257. The third-order valence-electron chi connectivity index (χ3n) is 3.32. The molecule has 2 N–H and O–H groups in total. The molecule has 0 amide bonds. The number of benzene rings is 1. The first kappa shape index (κ1) is 12.5. The van der Waals surface area contributed by atoms with Crippen molar-refractivity contribution in [3.63, 3.8) is 0 Å². The molecule has 1 saturated carbocycles. The van der Waals surface area contributed by atoms with Crippen molar-refractivity contribution in [3.05, 3.63) is 18.2 Å². The Bertz CT molecular complexity index is 454. The highest BCUT2D eigenvalue weighted by molar-refractivity contribution is 5.78. The van der Waals surface area contributed by atoms with Crippen LogP contribution in [0.5, 0.6) is 11.5 Å². The maximum atomic E-state index is 11.0. The Kier molecular flexibility index (Phi) is 3.32. The Hall–Kier alpha value is -1.91. The normalized spacial score (nSPS) is 15.9. The van der Waals surface area contributed by atoms with Gasteiger partial charge in [-0.05, 0) is 25.0 Å². The summed E-state index contributed by atoms with van der Waals surface area (Å²) in [5, 5.41) is 12.2. The maximum Gasteiger partial charge on any atom is 0.311 e. The molecular formula is C13H17NO4. The molecule has 0 aromatic heterocycles. The lowest BCUT2D eigenvalue weighted by Crippen LogP contribution is -2.24. The lowest BCUT2D eigenvalue weighted by atomic mass is 10.1. The molecule has 0 aliphatic heterocycles. The Balaban J connectivity index is 2.04. The molecule has 2 rings (SSSR count). The fourth-order valence-electron chi connectivity index (χ4n) is 1.83. The molecule has 5 nitrogen and oxygen atoms in total. The molecule has 0 unspecified atom stereocenters. The first-order valence-electron chi connectivity index (χ1n) is 5.80. The second-order valence-electron chi connectivity index (χ2n) is 4.51. The fourth-order valence-corrected chi connectivity index (χ4v) is 1.83. The summed E-state index contributed by atoms with van der Waals surface area (Å²) in [7, 11) is 3.15. The highest BCUT2D eigenvalue weighted by Crippen LogP contribution is 2.46. The summed E-state index contributed by atoms with van der Waals surface area (Å²) in [6.07, 6.45) is 1.48. The molecule has 1 fully saturated rings. The van der Waals surface area contributed by atoms with E-state index in [4.69, 9.17) is 14.6 Å². The molecule has 1 aliphatic rings. The van der Waals surface area contributed by atoms with Crippen LogP contribution in [0.3, 0.4) is 0 Å². The Morgan fingerprint density at radius 3 is 2.50 bits per heavy atom. The van der Waals surface area contributed by atoms with Gasteiger partial charge in [-0.3, -0.25) is 4.79 Å². The standard InChI is InChI=1S/C13H17NO4/c1-17-10-4-3-9(7-11(10)18-2)14-8-13(5-6-13)12(15)16/h3-4,7,14H,5-6,8H2,1-2H3,(H,15,16). The Morgan fingerprint density at radius 2 is 2.00 bits per heavy atom. The summed E-state index contributed by atoms with van der Waals surface area (Å²) in [4.78, 5) is 11.0. The largest absolute Gasteiger partial charge is 0.493 e. The number of carboxylic acid groups (broad SMARTS) is 1. The van der Waals surface area contributed by atoms with Crippen molar-refractivity contribution in [1.29, 1.82) is 0 Å². The van der Waals surface area contributed by atoms with E-state index in [1.54, 1.807) is 26.4 Å². The lowest BCUT2D eigenvalue weighted by Gasteiger charge is -2.14. The van der Waals surface area contributed by atoms with E-state index in [-0.39, 0.29) is 0 Å². The van der Waals surface area contributed by atoms with Gasteiger partial charge in [0.2, 0.25) is 0 Å². The summed E-state index contributed by atoms with van der Waals surface area (Å²) in [6.45, 7) is 0.442. The average molecular weight is 251 g/mol. The summed E-state index contributed by atoms with van der Waals surface area (Å²) in [6, 6.07) is 5.44. The lowest BCUT2D eigenvalue weighted by molar-refractivity contribution is -0.142. The number of methoxy groups -OCH3 is 2. The van der Waals surface area contributed by atoms with Crippen molar-refractivity contribution < 1.29 is 19.4 Å². The molecule has 0 heterocycles. The molecular weight excluding hydrogens is 234 g/mol. The second-order valence-corrected chi connectivity index (χ2v) is 4.51. The van der Waals surface area contributed by atoms with E-state index in [9.17, 15) is 4.79 Å². The number of anilines is 1. The van der Waals surface area contributed by atoms with Crippen LogP contribution < -0.4 is 14.8 Å². The van der Waals surface area contributed by atoms with Crippen LogP contribution in [0, 0.1) is 5.41 Å². The van der Waals surface area contributed by atoms with Crippen molar-refractivity contribution in [2.75, 3.05) is 26.1 Å². The molecule has 98 valence electrons. The monoisotopic (exact) mass is 251 g/mol. The van der Waals surface area contributed by atoms with Gasteiger partial charge in [0, 0.05) is 18.3 Å². The number of carbonyl (C=O) groups is 1. The molecule has 5 heteroatoms. The minimum absolute atomic E-state index is 0.442. The highest BCUT2D eigenvalue weighted by atomic mass is 16.5. The van der Waals surface area contributed by atoms with Crippen LogP contribution in [0.2, 0.25) is 0 Å². The van der Waals surface area contributed by atoms with Gasteiger partial charge in [-0.2, -0.15) is 0 Å². The van der Waals surface area contributed by atoms with Crippen LogP contribution in [0.4, 0.5) is 5.69 Å². The van der Waals surface area contributed by atoms with Crippen LogP contribution >= 0.6 is 0 Å². The quantitative estimate of drug-likeness (QED) is 0.809. The number of hydrogen-bond donors (Lipinski definition) is 2. The number of ether oxygens (including phenoxy) is 2. The molecule has 0 atom stereocenters. The van der Waals surface area contributed by atoms with Gasteiger partial charge in [0.25, 0.3) is 0 Å². The van der Waals surface area contributed by atoms with E-state index in [1.807, 2.05) is 6.07 Å². The summed E-state index contributed by atoms with van der Waals surface area (Å²) >= 11 is 0. The molecule has 0 saturated heterocycles. The number of carboxylic acids is 1. The summed E-state index contributed by atoms with van der Waals surface area (Å²) < 4.78 is 10.3. The topological polar surface area (TPSA) is 67.8 Å². The zero-order chi connectivity index (χ0) is 13.2. The van der Waals surface area contributed by atoms with E-state index in [2.05, 4.69) is 5.32 Å². The highest BCUT2D eigenvalue weighted by Gasteiger charge is 2.49. The van der Waals surface area contributed by atoms with Crippen LogP contribution in [-0.2, 0) is 4.79 Å². The third kappa shape index (κ3) is 2.34. The molecule has 1 aromatic rings. The van der Waals surface area contributed by atoms with Gasteiger partial charge in [0.05, 0.1) is 19.6 Å². The smallest absolute Gasteiger partial charge is 0.311 e. The van der Waals surface area contributed by atoms with Crippen LogP contribution in [0.25, 0.3) is 0 Å². The molecule has 0 radical (unpaired) electrons. The SMILES string of the molecule is COc1ccc(NCC2(C(=O)O)CC2)cc1OC. The first-order valence-corrected chi connectivity index (χ1v) is 5.80. The predicted octanol–water partition coefficient (Wildman–Crippen LogP) is 1.98. The molecule has 18 heavy (non-hydrogen) atoms. The van der Waals surface area contributed by atoms with Crippen LogP contribution in [-0.4, -0.2) is 31.8 Å². The number of aliphatic carboxylic acids is 1. The predicted molar refractivity (Wildman–Crippen MR) is 67.3 cm³/mol. The molecule has 1 aromatic carbocycles. The minimum Gasteiger partial charge on any atom is -0.493 e. The van der Waals surface area contributed by atoms with Crippen molar-refractivity contribution in [3.8, 4) is 11.5 Å². The Morgan fingerprint density at radius 1 is 1.33 bits per heavy atom. The van der Waals surface area contributed by atoms with Crippen molar-refractivity contribution >= 4 is 11.7 Å².